The Hall–Kier alpha value is -3.72. The van der Waals surface area contributed by atoms with Gasteiger partial charge in [0.25, 0.3) is 5.91 Å². The fraction of sp³-hybridized carbons (Fsp3) is 0.333. The van der Waals surface area contributed by atoms with Gasteiger partial charge in [-0.1, -0.05) is 74.2 Å². The summed E-state index contributed by atoms with van der Waals surface area (Å²) in [5.41, 5.74) is 1.12. The Labute approximate surface area is 213 Å². The second kappa shape index (κ2) is 14.0. The molecule has 0 bridgehead atoms. The molecular formula is C27H34N2O6Si. The van der Waals surface area contributed by atoms with Crippen molar-refractivity contribution in [1.29, 1.82) is 0 Å². The molecule has 0 saturated carbocycles. The molecule has 0 unspecified atom stereocenters. The molecule has 2 amide bonds. The first kappa shape index (κ1) is 28.5. The molecule has 0 fully saturated rings. The van der Waals surface area contributed by atoms with Gasteiger partial charge in [0, 0.05) is 25.7 Å². The molecule has 0 aliphatic rings. The molecule has 9 heteroatoms. The van der Waals surface area contributed by atoms with Crippen LogP contribution >= 0.6 is 0 Å². The molecule has 1 atom stereocenters. The lowest BCUT2D eigenvalue weighted by atomic mass is 10.1. The number of esters is 1. The normalized spacial score (nSPS) is 11.6. The zero-order valence-electron chi connectivity index (χ0n) is 21.1. The maximum absolute atomic E-state index is 13.0. The fourth-order valence-corrected chi connectivity index (χ4v) is 3.90. The summed E-state index contributed by atoms with van der Waals surface area (Å²) in [7, 11) is -1.46. The first-order valence-electron chi connectivity index (χ1n) is 11.7. The monoisotopic (exact) mass is 510 g/mol. The first-order chi connectivity index (χ1) is 17.1. The van der Waals surface area contributed by atoms with Crippen molar-refractivity contribution in [3.05, 3.63) is 83.9 Å². The largest absolute Gasteiger partial charge is 0.464 e. The average molecular weight is 511 g/mol. The third kappa shape index (κ3) is 9.50. The Morgan fingerprint density at radius 1 is 1.03 bits per heavy atom. The molecule has 2 rings (SSSR count). The predicted molar refractivity (Wildman–Crippen MR) is 141 cm³/mol. The third-order valence-electron chi connectivity index (χ3n) is 5.23. The highest BCUT2D eigenvalue weighted by atomic mass is 28.3. The van der Waals surface area contributed by atoms with Gasteiger partial charge >= 0.3 is 12.1 Å². The second-order valence-electron chi connectivity index (χ2n) is 9.44. The van der Waals surface area contributed by atoms with Crippen molar-refractivity contribution in [2.24, 2.45) is 0 Å². The summed E-state index contributed by atoms with van der Waals surface area (Å²) >= 11 is 0. The number of ether oxygens (including phenoxy) is 2. The van der Waals surface area contributed by atoms with Crippen LogP contribution in [-0.2, 0) is 20.9 Å². The van der Waals surface area contributed by atoms with Crippen LogP contribution in [0, 0.1) is 0 Å². The van der Waals surface area contributed by atoms with E-state index in [1.807, 2.05) is 30.3 Å². The average Bonchev–Trinajstić information content (AvgIpc) is 2.86. The molecule has 192 valence electrons. The van der Waals surface area contributed by atoms with E-state index in [9.17, 15) is 19.2 Å². The van der Waals surface area contributed by atoms with Gasteiger partial charge in [0.05, 0.1) is 13.2 Å². The fourth-order valence-electron chi connectivity index (χ4n) is 3.19. The van der Waals surface area contributed by atoms with Crippen molar-refractivity contribution in [3.8, 4) is 0 Å². The Morgan fingerprint density at radius 2 is 1.69 bits per heavy atom. The third-order valence-corrected chi connectivity index (χ3v) is 6.94. The van der Waals surface area contributed by atoms with Crippen LogP contribution in [0.25, 0.3) is 0 Å². The van der Waals surface area contributed by atoms with E-state index in [2.05, 4.69) is 31.5 Å². The minimum atomic E-state index is -1.46. The van der Waals surface area contributed by atoms with Gasteiger partial charge in [-0.25, -0.2) is 9.59 Å². The van der Waals surface area contributed by atoms with Crippen molar-refractivity contribution < 1.29 is 28.7 Å². The van der Waals surface area contributed by atoms with E-state index in [-0.39, 0.29) is 37.4 Å². The van der Waals surface area contributed by atoms with Crippen molar-refractivity contribution in [2.45, 2.75) is 38.3 Å². The first-order valence-corrected chi connectivity index (χ1v) is 15.4. The van der Waals surface area contributed by atoms with Crippen LogP contribution in [0.15, 0.2) is 67.3 Å². The van der Waals surface area contributed by atoms with Crippen LogP contribution in [0.4, 0.5) is 4.79 Å². The molecular weight excluding hydrogens is 476 g/mol. The van der Waals surface area contributed by atoms with Gasteiger partial charge < -0.3 is 19.7 Å². The number of rotatable bonds is 13. The van der Waals surface area contributed by atoms with Crippen molar-refractivity contribution in [3.63, 3.8) is 0 Å². The maximum atomic E-state index is 13.0. The summed E-state index contributed by atoms with van der Waals surface area (Å²) in [6, 6.07) is 15.0. The molecule has 36 heavy (non-hydrogen) atoms. The van der Waals surface area contributed by atoms with E-state index in [1.165, 1.54) is 23.1 Å². The van der Waals surface area contributed by atoms with Gasteiger partial charge in [-0.05, 0) is 17.7 Å². The number of aldehydes is 1. The topological polar surface area (TPSA) is 102 Å². The zero-order chi connectivity index (χ0) is 26.6. The van der Waals surface area contributed by atoms with Crippen LogP contribution < -0.4 is 5.32 Å². The zero-order valence-corrected chi connectivity index (χ0v) is 22.1. The second-order valence-corrected chi connectivity index (χ2v) is 15.1. The van der Waals surface area contributed by atoms with E-state index >= 15 is 0 Å². The van der Waals surface area contributed by atoms with E-state index in [0.29, 0.717) is 6.29 Å². The summed E-state index contributed by atoms with van der Waals surface area (Å²) in [6.45, 7) is 10.3. The van der Waals surface area contributed by atoms with Gasteiger partial charge in [0.15, 0.2) is 6.29 Å². The van der Waals surface area contributed by atoms with Crippen molar-refractivity contribution in [1.82, 2.24) is 10.2 Å². The quantitative estimate of drug-likeness (QED) is 0.187. The lowest BCUT2D eigenvalue weighted by Gasteiger charge is -2.26. The summed E-state index contributed by atoms with van der Waals surface area (Å²) in [4.78, 5) is 51.4. The highest BCUT2D eigenvalue weighted by Crippen LogP contribution is 2.11. The van der Waals surface area contributed by atoms with Gasteiger partial charge in [0.1, 0.15) is 12.6 Å². The van der Waals surface area contributed by atoms with Crippen molar-refractivity contribution in [2.75, 3.05) is 19.7 Å². The molecule has 0 aromatic heterocycles. The number of benzene rings is 2. The van der Waals surface area contributed by atoms with E-state index in [4.69, 9.17) is 9.47 Å². The smallest absolute Gasteiger partial charge is 0.410 e. The van der Waals surface area contributed by atoms with E-state index < -0.39 is 32.1 Å². The molecule has 1 N–H and O–H groups in total. The van der Waals surface area contributed by atoms with Crippen LogP contribution in [0.1, 0.15) is 26.3 Å². The Balaban J connectivity index is 2.18. The lowest BCUT2D eigenvalue weighted by molar-refractivity contribution is -0.145. The molecule has 0 spiro atoms. The molecule has 0 heterocycles. The molecule has 0 aliphatic heterocycles. The number of nitrogens with zero attached hydrogens (tertiary/aromatic N) is 1. The molecule has 8 nitrogen and oxygen atoms in total. The highest BCUT2D eigenvalue weighted by molar-refractivity contribution is 6.76. The summed E-state index contributed by atoms with van der Waals surface area (Å²) < 4.78 is 10.9. The Bertz CT molecular complexity index is 1050. The van der Waals surface area contributed by atoms with Crippen LogP contribution in [-0.4, -0.2) is 63.0 Å². The summed E-state index contributed by atoms with van der Waals surface area (Å²) in [5.74, 6) is -1.30. The molecule has 2 aromatic rings. The standard InChI is InChI=1S/C27H34N2O6Si/c1-5-15-29(27(33)35-20-21-11-7-6-8-12-21)18-24(26(32)34-16-17-36(2,3)4)28-25(31)23-14-10-9-13-22(23)19-30/h5-14,19,24H,1,15-18,20H2,2-4H3,(H,28,31)/t24-/m0/s1. The number of carbonyl (C=O) groups is 4. The van der Waals surface area contributed by atoms with Crippen LogP contribution in [0.5, 0.6) is 0 Å². The molecule has 0 aliphatic carbocycles. The Morgan fingerprint density at radius 3 is 2.33 bits per heavy atom. The molecule has 0 radical (unpaired) electrons. The van der Waals surface area contributed by atoms with Gasteiger partial charge in [-0.2, -0.15) is 0 Å². The van der Waals surface area contributed by atoms with E-state index in [1.54, 1.807) is 12.1 Å². The van der Waals surface area contributed by atoms with Gasteiger partial charge in [-0.3, -0.25) is 9.59 Å². The van der Waals surface area contributed by atoms with Crippen LogP contribution in [0.2, 0.25) is 25.7 Å². The maximum Gasteiger partial charge on any atom is 0.410 e. The minimum Gasteiger partial charge on any atom is -0.464 e. The highest BCUT2D eigenvalue weighted by Gasteiger charge is 2.29. The molecule has 0 saturated heterocycles. The molecule has 2 aromatic carbocycles. The number of nitrogens with one attached hydrogen (secondary N) is 1. The minimum absolute atomic E-state index is 0.0533. The lowest BCUT2D eigenvalue weighted by Crippen LogP contribution is -2.51. The summed E-state index contributed by atoms with van der Waals surface area (Å²) in [5, 5.41) is 2.63. The SMILES string of the molecule is C=CCN(C[C@H](NC(=O)c1ccccc1C=O)C(=O)OCC[Si](C)(C)C)C(=O)OCc1ccccc1. The van der Waals surface area contributed by atoms with Crippen molar-refractivity contribution >= 4 is 32.3 Å². The number of hydrogen-bond donors (Lipinski definition) is 1. The van der Waals surface area contributed by atoms with Crippen LogP contribution in [0.3, 0.4) is 0 Å². The predicted octanol–water partition coefficient (Wildman–Crippen LogP) is 4.30. The van der Waals surface area contributed by atoms with E-state index in [0.717, 1.165) is 11.6 Å². The number of hydrogen-bond acceptors (Lipinski definition) is 6. The Kier molecular flexibility index (Phi) is 11.1. The van der Waals surface area contributed by atoms with Gasteiger partial charge in [-0.15, -0.1) is 6.58 Å². The number of carbonyl (C=O) groups excluding carboxylic acids is 4. The van der Waals surface area contributed by atoms with Gasteiger partial charge in [0.2, 0.25) is 0 Å². The number of amides is 2. The summed E-state index contributed by atoms with van der Waals surface area (Å²) in [6.07, 6.45) is 1.41.